The molecule has 2 heterocycles. The van der Waals surface area contributed by atoms with E-state index in [4.69, 9.17) is 15.2 Å². The summed E-state index contributed by atoms with van der Waals surface area (Å²) in [6.07, 6.45) is -8.57. The molecule has 1 amide bonds. The van der Waals surface area contributed by atoms with Gasteiger partial charge < -0.3 is 35.1 Å². The zero-order valence-electron chi connectivity index (χ0n) is 26.1. The Morgan fingerprint density at radius 1 is 1.00 bits per heavy atom. The van der Waals surface area contributed by atoms with Crippen molar-refractivity contribution in [2.75, 3.05) is 44.9 Å². The predicted molar refractivity (Wildman–Crippen MR) is 165 cm³/mol. The molecule has 0 radical (unpaired) electrons. The van der Waals surface area contributed by atoms with E-state index in [1.54, 1.807) is 25.1 Å². The Morgan fingerprint density at radius 3 is 2.32 bits per heavy atom. The van der Waals surface area contributed by atoms with E-state index in [0.717, 1.165) is 18.2 Å². The van der Waals surface area contributed by atoms with Crippen LogP contribution in [-0.2, 0) is 20.4 Å². The van der Waals surface area contributed by atoms with Crippen LogP contribution in [0.15, 0.2) is 59.5 Å². The fourth-order valence-electron chi connectivity index (χ4n) is 6.49. The van der Waals surface area contributed by atoms with E-state index in [9.17, 15) is 36.6 Å². The summed E-state index contributed by atoms with van der Waals surface area (Å²) in [5.41, 5.74) is 5.29. The molecule has 254 valence electrons. The Hall–Kier alpha value is -4.25. The maximum atomic E-state index is 14.6. The van der Waals surface area contributed by atoms with Gasteiger partial charge in [0.1, 0.15) is 21.9 Å². The van der Waals surface area contributed by atoms with E-state index in [1.807, 2.05) is 0 Å². The fraction of sp³-hybridized carbons (Fsp3) is 0.387. The van der Waals surface area contributed by atoms with Gasteiger partial charge in [0.05, 0.1) is 32.1 Å². The zero-order chi connectivity index (χ0) is 34.6. The van der Waals surface area contributed by atoms with Crippen LogP contribution in [0.5, 0.6) is 17.2 Å². The molecule has 4 atom stereocenters. The largest absolute Gasteiger partial charge is 0.573 e. The van der Waals surface area contributed by atoms with Crippen molar-refractivity contribution in [2.45, 2.75) is 48.5 Å². The number of nitrogens with zero attached hydrogens (tertiary/aromatic N) is 3. The molecule has 0 bridgehead atoms. The highest BCUT2D eigenvalue weighted by atomic mass is 32.2. The van der Waals surface area contributed by atoms with Crippen LogP contribution in [-0.4, -0.2) is 93.9 Å². The van der Waals surface area contributed by atoms with Gasteiger partial charge in [-0.05, 0) is 55.8 Å². The van der Waals surface area contributed by atoms with E-state index >= 15 is 0 Å². The van der Waals surface area contributed by atoms with Gasteiger partial charge in [-0.3, -0.25) is 9.69 Å². The molecule has 0 saturated carbocycles. The minimum absolute atomic E-state index is 0.0634. The SMILES string of the molecule is COc1ccc(S(=O)(=O)N2c3ccc(N)cc3C(c3cc(C)ccc3OC)(N3C[C@H](O)C[C@H]3C(=O)N(C)C)[C@H]2O)c(OC(F)(F)F)c1. The first-order valence-electron chi connectivity index (χ1n) is 14.3. The number of aliphatic hydroxyl groups is 2. The van der Waals surface area contributed by atoms with Gasteiger partial charge >= 0.3 is 6.36 Å². The third-order valence-electron chi connectivity index (χ3n) is 8.40. The summed E-state index contributed by atoms with van der Waals surface area (Å²) in [6.45, 7) is 1.55. The Balaban J connectivity index is 1.87. The average molecular weight is 681 g/mol. The van der Waals surface area contributed by atoms with Crippen LogP contribution in [0.2, 0.25) is 0 Å². The van der Waals surface area contributed by atoms with Crippen molar-refractivity contribution < 1.29 is 50.8 Å². The fourth-order valence-corrected chi connectivity index (χ4v) is 8.13. The highest BCUT2D eigenvalue weighted by Crippen LogP contribution is 2.57. The molecule has 0 spiro atoms. The number of likely N-dealkylation sites (tertiary alicyclic amines) is 1. The number of ether oxygens (including phenoxy) is 3. The number of methoxy groups -OCH3 is 2. The number of nitrogens with two attached hydrogens (primary N) is 1. The summed E-state index contributed by atoms with van der Waals surface area (Å²) in [5.74, 6) is -1.45. The molecular weight excluding hydrogens is 645 g/mol. The van der Waals surface area contributed by atoms with Crippen LogP contribution < -0.4 is 24.2 Å². The molecule has 1 saturated heterocycles. The number of aliphatic hydroxyl groups excluding tert-OH is 2. The topological polar surface area (TPSA) is 155 Å². The number of carbonyl (C=O) groups is 1. The van der Waals surface area contributed by atoms with E-state index in [-0.39, 0.29) is 47.0 Å². The van der Waals surface area contributed by atoms with Crippen LogP contribution in [0.25, 0.3) is 0 Å². The monoisotopic (exact) mass is 680 g/mol. The summed E-state index contributed by atoms with van der Waals surface area (Å²) in [6, 6.07) is 10.8. The second-order valence-corrected chi connectivity index (χ2v) is 13.4. The normalized spacial score (nSPS) is 23.0. The standard InChI is InChI=1S/C31H35F3N4O8S/c1-17-6-10-25(45-5)22(12-17)30(37-16-19(39)14-24(37)28(40)36(2)3)21-13-18(35)7-9-23(21)38(29(30)41)47(42,43)27-11-8-20(44-4)15-26(27)46-31(32,33)34/h6-13,15,19,24,29,39,41H,14,16,35H2,1-5H3/t19-,24+,29-,30?/m1/s1. The molecule has 16 heteroatoms. The molecule has 3 aromatic rings. The molecule has 5 rings (SSSR count). The Labute approximate surface area is 269 Å². The number of rotatable bonds is 8. The second kappa shape index (κ2) is 12.1. The number of hydrogen-bond acceptors (Lipinski definition) is 10. The number of fused-ring (bicyclic) bond motifs is 1. The van der Waals surface area contributed by atoms with E-state index in [0.29, 0.717) is 9.87 Å². The molecule has 2 aliphatic rings. The first-order chi connectivity index (χ1) is 22.0. The smallest absolute Gasteiger partial charge is 0.497 e. The Bertz CT molecular complexity index is 1810. The number of sulfonamides is 1. The molecule has 47 heavy (non-hydrogen) atoms. The highest BCUT2D eigenvalue weighted by Gasteiger charge is 2.63. The summed E-state index contributed by atoms with van der Waals surface area (Å²) in [5, 5.41) is 23.6. The lowest BCUT2D eigenvalue weighted by Crippen LogP contribution is -2.61. The summed E-state index contributed by atoms with van der Waals surface area (Å²) in [4.78, 5) is 15.5. The molecule has 0 aromatic heterocycles. The Morgan fingerprint density at radius 2 is 1.70 bits per heavy atom. The molecular formula is C31H35F3N4O8S. The average Bonchev–Trinajstić information content (AvgIpc) is 3.50. The van der Waals surface area contributed by atoms with Gasteiger partial charge in [-0.2, -0.15) is 0 Å². The lowest BCUT2D eigenvalue weighted by atomic mass is 9.79. The van der Waals surface area contributed by atoms with E-state index in [2.05, 4.69) is 4.74 Å². The number of anilines is 2. The number of likely N-dealkylation sites (N-methyl/N-ethyl adjacent to an activating group) is 1. The van der Waals surface area contributed by atoms with Gasteiger partial charge in [0.2, 0.25) is 5.91 Å². The van der Waals surface area contributed by atoms with Crippen molar-refractivity contribution in [1.29, 1.82) is 0 Å². The van der Waals surface area contributed by atoms with Gasteiger partial charge in [0.15, 0.2) is 12.0 Å². The minimum Gasteiger partial charge on any atom is -0.497 e. The molecule has 1 unspecified atom stereocenters. The lowest BCUT2D eigenvalue weighted by molar-refractivity contribution is -0.275. The van der Waals surface area contributed by atoms with Crippen molar-refractivity contribution in [3.63, 3.8) is 0 Å². The van der Waals surface area contributed by atoms with E-state index < -0.39 is 56.9 Å². The van der Waals surface area contributed by atoms with Crippen LogP contribution in [0.4, 0.5) is 24.5 Å². The summed E-state index contributed by atoms with van der Waals surface area (Å²) >= 11 is 0. The highest BCUT2D eigenvalue weighted by molar-refractivity contribution is 7.93. The van der Waals surface area contributed by atoms with Gasteiger partial charge in [0.25, 0.3) is 10.0 Å². The maximum Gasteiger partial charge on any atom is 0.573 e. The van der Waals surface area contributed by atoms with Crippen LogP contribution in [0.3, 0.4) is 0 Å². The third kappa shape index (κ3) is 5.68. The van der Waals surface area contributed by atoms with Crippen molar-refractivity contribution >= 4 is 27.3 Å². The molecule has 3 aromatic carbocycles. The molecule has 12 nitrogen and oxygen atoms in total. The molecule has 2 aliphatic heterocycles. The van der Waals surface area contributed by atoms with Crippen LogP contribution >= 0.6 is 0 Å². The molecule has 1 fully saturated rings. The minimum atomic E-state index is -5.28. The number of benzene rings is 3. The van der Waals surface area contributed by atoms with E-state index in [1.165, 1.54) is 56.3 Å². The van der Waals surface area contributed by atoms with Gasteiger partial charge in [-0.15, -0.1) is 13.2 Å². The number of amides is 1. The van der Waals surface area contributed by atoms with Crippen molar-refractivity contribution in [3.8, 4) is 17.2 Å². The van der Waals surface area contributed by atoms with Gasteiger partial charge in [0, 0.05) is 43.5 Å². The molecule has 4 N–H and O–H groups in total. The first-order valence-corrected chi connectivity index (χ1v) is 15.8. The van der Waals surface area contributed by atoms with Crippen molar-refractivity contribution in [3.05, 3.63) is 71.3 Å². The maximum absolute atomic E-state index is 14.6. The summed E-state index contributed by atoms with van der Waals surface area (Å²) in [7, 11) is 0.484. The first kappa shape index (κ1) is 34.1. The number of halogens is 3. The third-order valence-corrected chi connectivity index (χ3v) is 10.2. The van der Waals surface area contributed by atoms with Crippen molar-refractivity contribution in [1.82, 2.24) is 9.80 Å². The second-order valence-electron chi connectivity index (χ2n) is 11.6. The van der Waals surface area contributed by atoms with Gasteiger partial charge in [-0.1, -0.05) is 11.6 Å². The number of hydrogen-bond donors (Lipinski definition) is 3. The number of carbonyl (C=O) groups excluding carboxylic acids is 1. The molecule has 0 aliphatic carbocycles. The zero-order valence-corrected chi connectivity index (χ0v) is 27.0. The number of alkyl halides is 3. The van der Waals surface area contributed by atoms with Crippen molar-refractivity contribution in [2.24, 2.45) is 0 Å². The van der Waals surface area contributed by atoms with Gasteiger partial charge in [-0.25, -0.2) is 12.7 Å². The summed E-state index contributed by atoms with van der Waals surface area (Å²) < 4.78 is 85.3. The van der Waals surface area contributed by atoms with Crippen LogP contribution in [0, 0.1) is 6.92 Å². The lowest BCUT2D eigenvalue weighted by Gasteiger charge is -2.46. The number of aryl methyl sites for hydroxylation is 1. The number of nitrogen functional groups attached to an aromatic ring is 1. The Kier molecular flexibility index (Phi) is 8.76. The quantitative estimate of drug-likeness (QED) is 0.303. The number of β-amino-alcohol motifs (C(OH)–C–C–N with tert-alkyl or cyclic N) is 1. The predicted octanol–water partition coefficient (Wildman–Crippen LogP) is 2.79. The van der Waals surface area contributed by atoms with Crippen LogP contribution in [0.1, 0.15) is 23.1 Å².